The zero-order chi connectivity index (χ0) is 22.0. The lowest BCUT2D eigenvalue weighted by Crippen LogP contribution is -2.23. The molecule has 160 valence electrons. The van der Waals surface area contributed by atoms with E-state index in [1.807, 2.05) is 0 Å². The van der Waals surface area contributed by atoms with E-state index < -0.39 is 21.7 Å². The largest absolute Gasteiger partial charge is 0.454 e. The average Bonchev–Trinajstić information content (AvgIpc) is 3.22. The van der Waals surface area contributed by atoms with Crippen LogP contribution in [0, 0.1) is 5.82 Å². The van der Waals surface area contributed by atoms with Crippen LogP contribution in [-0.4, -0.2) is 21.1 Å². The van der Waals surface area contributed by atoms with Crippen molar-refractivity contribution in [1.82, 2.24) is 4.72 Å². The smallest absolute Gasteiger partial charge is 0.255 e. The van der Waals surface area contributed by atoms with Gasteiger partial charge in [0.1, 0.15) is 5.82 Å². The van der Waals surface area contributed by atoms with E-state index in [0.717, 1.165) is 6.07 Å². The predicted octanol–water partition coefficient (Wildman–Crippen LogP) is 3.94. The van der Waals surface area contributed by atoms with Crippen molar-refractivity contribution in [3.63, 3.8) is 0 Å². The fourth-order valence-electron chi connectivity index (χ4n) is 2.87. The number of nitrogens with one attached hydrogen (secondary N) is 2. The number of benzene rings is 3. The molecule has 1 amide bonds. The van der Waals surface area contributed by atoms with E-state index >= 15 is 0 Å². The molecule has 2 N–H and O–H groups in total. The number of carbonyl (C=O) groups is 1. The molecule has 0 bridgehead atoms. The maximum Gasteiger partial charge on any atom is 0.255 e. The van der Waals surface area contributed by atoms with E-state index in [1.165, 1.54) is 36.4 Å². The zero-order valence-electron chi connectivity index (χ0n) is 15.9. The number of fused-ring (bicyclic) bond motifs is 1. The number of anilines is 1. The van der Waals surface area contributed by atoms with Crippen molar-refractivity contribution in [1.29, 1.82) is 0 Å². The summed E-state index contributed by atoms with van der Waals surface area (Å²) < 4.78 is 52.5. The molecule has 3 aromatic rings. The summed E-state index contributed by atoms with van der Waals surface area (Å²) in [5, 5.41) is 2.87. The first-order valence-corrected chi connectivity index (χ1v) is 10.9. The van der Waals surface area contributed by atoms with Crippen LogP contribution in [-0.2, 0) is 16.6 Å². The Kier molecular flexibility index (Phi) is 5.81. The van der Waals surface area contributed by atoms with Gasteiger partial charge in [0.05, 0.1) is 10.6 Å². The van der Waals surface area contributed by atoms with Crippen molar-refractivity contribution < 1.29 is 27.1 Å². The maximum atomic E-state index is 14.5. The normalized spacial score (nSPS) is 12.6. The molecule has 10 heteroatoms. The minimum Gasteiger partial charge on any atom is -0.454 e. The first-order valence-electron chi connectivity index (χ1n) is 9.06. The summed E-state index contributed by atoms with van der Waals surface area (Å²) >= 11 is 5.79. The molecule has 0 fully saturated rings. The zero-order valence-corrected chi connectivity index (χ0v) is 17.5. The Bertz CT molecular complexity index is 1250. The van der Waals surface area contributed by atoms with Gasteiger partial charge in [0.2, 0.25) is 16.8 Å². The van der Waals surface area contributed by atoms with Crippen molar-refractivity contribution >= 4 is 33.2 Å². The first kappa shape index (κ1) is 21.1. The van der Waals surface area contributed by atoms with Gasteiger partial charge in [-0.05, 0) is 60.2 Å². The van der Waals surface area contributed by atoms with Crippen LogP contribution in [0.4, 0.5) is 10.1 Å². The van der Waals surface area contributed by atoms with Crippen molar-refractivity contribution in [3.05, 3.63) is 82.6 Å². The molecule has 1 heterocycles. The summed E-state index contributed by atoms with van der Waals surface area (Å²) in [7, 11) is -3.99. The maximum absolute atomic E-state index is 14.5. The van der Waals surface area contributed by atoms with Gasteiger partial charge in [0.25, 0.3) is 5.91 Å². The van der Waals surface area contributed by atoms with Crippen LogP contribution in [0.1, 0.15) is 15.9 Å². The molecule has 0 atom stereocenters. The lowest BCUT2D eigenvalue weighted by molar-refractivity contribution is 0.102. The average molecular weight is 463 g/mol. The SMILES string of the molecule is O=C(Nc1ccc(S(=O)(=O)NCc2ccc3c(c2)OCO3)cc1F)c1ccc(Cl)cc1. The molecule has 0 saturated heterocycles. The molecular formula is C21H16ClFN2O5S. The monoisotopic (exact) mass is 462 g/mol. The van der Waals surface area contributed by atoms with E-state index in [4.69, 9.17) is 21.1 Å². The number of sulfonamides is 1. The molecular weight excluding hydrogens is 447 g/mol. The van der Waals surface area contributed by atoms with Gasteiger partial charge in [-0.1, -0.05) is 17.7 Å². The Hall–Kier alpha value is -3.14. The van der Waals surface area contributed by atoms with Crippen LogP contribution >= 0.6 is 11.6 Å². The van der Waals surface area contributed by atoms with Gasteiger partial charge < -0.3 is 14.8 Å². The summed E-state index contributed by atoms with van der Waals surface area (Å²) in [6, 6.07) is 14.4. The van der Waals surface area contributed by atoms with Crippen LogP contribution in [0.2, 0.25) is 5.02 Å². The van der Waals surface area contributed by atoms with Crippen molar-refractivity contribution in [2.45, 2.75) is 11.4 Å². The molecule has 1 aliphatic rings. The fourth-order valence-corrected chi connectivity index (χ4v) is 4.03. The van der Waals surface area contributed by atoms with Crippen LogP contribution in [0.25, 0.3) is 0 Å². The Morgan fingerprint density at radius 1 is 1.00 bits per heavy atom. The fraction of sp³-hybridized carbons (Fsp3) is 0.0952. The Morgan fingerprint density at radius 2 is 1.74 bits per heavy atom. The highest BCUT2D eigenvalue weighted by atomic mass is 35.5. The lowest BCUT2D eigenvalue weighted by atomic mass is 10.2. The minimum atomic E-state index is -3.99. The highest BCUT2D eigenvalue weighted by molar-refractivity contribution is 7.89. The molecule has 3 aromatic carbocycles. The Morgan fingerprint density at radius 3 is 2.48 bits per heavy atom. The number of hydrogen-bond acceptors (Lipinski definition) is 5. The van der Waals surface area contributed by atoms with Crippen LogP contribution in [0.3, 0.4) is 0 Å². The number of carbonyl (C=O) groups excluding carboxylic acids is 1. The molecule has 31 heavy (non-hydrogen) atoms. The van der Waals surface area contributed by atoms with Crippen molar-refractivity contribution in [2.24, 2.45) is 0 Å². The van der Waals surface area contributed by atoms with Gasteiger partial charge in [-0.3, -0.25) is 4.79 Å². The van der Waals surface area contributed by atoms with Gasteiger partial charge in [-0.2, -0.15) is 0 Å². The third-order valence-electron chi connectivity index (χ3n) is 4.51. The van der Waals surface area contributed by atoms with Gasteiger partial charge in [0, 0.05) is 17.1 Å². The summed E-state index contributed by atoms with van der Waals surface area (Å²) in [6.07, 6.45) is 0. The molecule has 0 aliphatic carbocycles. The number of halogens is 2. The second kappa shape index (κ2) is 8.54. The minimum absolute atomic E-state index is 0.0182. The van der Waals surface area contributed by atoms with E-state index in [2.05, 4.69) is 10.0 Å². The van der Waals surface area contributed by atoms with E-state index in [0.29, 0.717) is 22.1 Å². The number of amides is 1. The molecule has 0 radical (unpaired) electrons. The highest BCUT2D eigenvalue weighted by Gasteiger charge is 2.19. The van der Waals surface area contributed by atoms with Crippen LogP contribution in [0.5, 0.6) is 11.5 Å². The predicted molar refractivity (Wildman–Crippen MR) is 112 cm³/mol. The molecule has 0 saturated carbocycles. The van der Waals surface area contributed by atoms with Gasteiger partial charge in [-0.25, -0.2) is 17.5 Å². The topological polar surface area (TPSA) is 93.7 Å². The van der Waals surface area contributed by atoms with E-state index in [1.54, 1.807) is 18.2 Å². The van der Waals surface area contributed by atoms with Crippen LogP contribution < -0.4 is 19.5 Å². The lowest BCUT2D eigenvalue weighted by Gasteiger charge is -2.10. The van der Waals surface area contributed by atoms with Crippen LogP contribution in [0.15, 0.2) is 65.6 Å². The van der Waals surface area contributed by atoms with Gasteiger partial charge in [-0.15, -0.1) is 0 Å². The molecule has 7 nitrogen and oxygen atoms in total. The number of rotatable bonds is 6. The second-order valence-corrected chi connectivity index (χ2v) is 8.82. The number of hydrogen-bond donors (Lipinski definition) is 2. The quantitative estimate of drug-likeness (QED) is 0.578. The molecule has 1 aliphatic heterocycles. The second-order valence-electron chi connectivity index (χ2n) is 6.61. The van der Waals surface area contributed by atoms with E-state index in [9.17, 15) is 17.6 Å². The standard InChI is InChI=1S/C21H16ClFN2O5S/c22-15-4-2-14(3-5-15)21(26)25-18-7-6-16(10-17(18)23)31(27,28)24-11-13-1-8-19-20(9-13)30-12-29-19/h1-10,24H,11-12H2,(H,25,26). The Balaban J connectivity index is 1.44. The summed E-state index contributed by atoms with van der Waals surface area (Å²) in [5.41, 5.74) is 0.792. The van der Waals surface area contributed by atoms with Crippen molar-refractivity contribution in [3.8, 4) is 11.5 Å². The van der Waals surface area contributed by atoms with Crippen molar-refractivity contribution in [2.75, 3.05) is 12.1 Å². The third-order valence-corrected chi connectivity index (χ3v) is 6.16. The molecule has 4 rings (SSSR count). The summed E-state index contributed by atoms with van der Waals surface area (Å²) in [4.78, 5) is 12.0. The van der Waals surface area contributed by atoms with E-state index in [-0.39, 0.29) is 29.5 Å². The highest BCUT2D eigenvalue weighted by Crippen LogP contribution is 2.32. The first-order chi connectivity index (χ1) is 14.8. The summed E-state index contributed by atoms with van der Waals surface area (Å²) in [6.45, 7) is 0.0976. The van der Waals surface area contributed by atoms with Gasteiger partial charge >= 0.3 is 0 Å². The molecule has 0 spiro atoms. The Labute approximate surface area is 182 Å². The number of ether oxygens (including phenoxy) is 2. The summed E-state index contributed by atoms with van der Waals surface area (Å²) in [5.74, 6) is -0.311. The molecule has 0 aromatic heterocycles. The third kappa shape index (κ3) is 4.79. The van der Waals surface area contributed by atoms with Gasteiger partial charge in [0.15, 0.2) is 11.5 Å². The molecule has 0 unspecified atom stereocenters.